The third-order valence-corrected chi connectivity index (χ3v) is 0.543. The van der Waals surface area contributed by atoms with Gasteiger partial charge in [0.15, 0.2) is 0 Å². The summed E-state index contributed by atoms with van der Waals surface area (Å²) in [7, 11) is 0. The van der Waals surface area contributed by atoms with E-state index in [4.69, 9.17) is 0 Å². The van der Waals surface area contributed by atoms with Crippen LogP contribution >= 0.6 is 0 Å². The highest BCUT2D eigenvalue weighted by molar-refractivity contribution is 5.81. The molecule has 1 radical (unpaired) electrons. The maximum absolute atomic E-state index is 11.2. The van der Waals surface area contributed by atoms with Crippen molar-refractivity contribution in [2.75, 3.05) is 6.54 Å². The molecule has 0 aromatic carbocycles. The van der Waals surface area contributed by atoms with Gasteiger partial charge in [0, 0.05) is 6.54 Å². The predicted molar refractivity (Wildman–Crippen MR) is 24.4 cm³/mol. The van der Waals surface area contributed by atoms with Crippen LogP contribution in [0.4, 0.5) is 13.2 Å². The Morgan fingerprint density at radius 2 is 2.00 bits per heavy atom. The minimum atomic E-state index is -4.78. The first kappa shape index (κ1) is 8.26. The van der Waals surface area contributed by atoms with Gasteiger partial charge in [0.25, 0.3) is 0 Å². The smallest absolute Gasteiger partial charge is 0.348 e. The van der Waals surface area contributed by atoms with Crippen molar-refractivity contribution in [2.45, 2.75) is 6.18 Å². The standard InChI is InChI=1S/C4H5F3NO/c1-2-8-3(9)4(5,6)7/h1-2H2,(H,8,9). The molecular formula is C4H5F3NO. The molecule has 0 aliphatic carbocycles. The van der Waals surface area contributed by atoms with E-state index in [2.05, 4.69) is 6.92 Å². The van der Waals surface area contributed by atoms with E-state index in [1.165, 1.54) is 5.32 Å². The van der Waals surface area contributed by atoms with Crippen molar-refractivity contribution in [1.29, 1.82) is 0 Å². The van der Waals surface area contributed by atoms with E-state index in [1.54, 1.807) is 0 Å². The monoisotopic (exact) mass is 140 g/mol. The number of carbonyl (C=O) groups is 1. The summed E-state index contributed by atoms with van der Waals surface area (Å²) in [5.41, 5.74) is 0. The van der Waals surface area contributed by atoms with Crippen LogP contribution in [0.3, 0.4) is 0 Å². The van der Waals surface area contributed by atoms with Gasteiger partial charge in [0.2, 0.25) is 0 Å². The molecular weight excluding hydrogens is 135 g/mol. The van der Waals surface area contributed by atoms with Crippen LogP contribution in [0.5, 0.6) is 0 Å². The Hall–Kier alpha value is -0.740. The molecule has 9 heavy (non-hydrogen) atoms. The number of hydrogen-bond donors (Lipinski definition) is 1. The van der Waals surface area contributed by atoms with Gasteiger partial charge in [-0.05, 0) is 6.92 Å². The normalized spacial score (nSPS) is 11.1. The average molecular weight is 140 g/mol. The van der Waals surface area contributed by atoms with Crippen LogP contribution in [0.1, 0.15) is 0 Å². The molecule has 0 aromatic heterocycles. The van der Waals surface area contributed by atoms with Gasteiger partial charge in [0.1, 0.15) is 0 Å². The Labute approximate surface area is 50.0 Å². The number of hydrogen-bond acceptors (Lipinski definition) is 1. The minimum Gasteiger partial charge on any atom is -0.348 e. The van der Waals surface area contributed by atoms with E-state index in [0.717, 1.165) is 0 Å². The highest BCUT2D eigenvalue weighted by Crippen LogP contribution is 2.13. The van der Waals surface area contributed by atoms with Crippen LogP contribution in [0.2, 0.25) is 0 Å². The molecule has 0 spiro atoms. The van der Waals surface area contributed by atoms with E-state index >= 15 is 0 Å². The molecule has 0 saturated heterocycles. The lowest BCUT2D eigenvalue weighted by Gasteiger charge is -2.03. The topological polar surface area (TPSA) is 29.1 Å². The second-order valence-electron chi connectivity index (χ2n) is 1.25. The molecule has 1 N–H and O–H groups in total. The van der Waals surface area contributed by atoms with E-state index < -0.39 is 12.1 Å². The van der Waals surface area contributed by atoms with E-state index in [9.17, 15) is 18.0 Å². The van der Waals surface area contributed by atoms with Crippen LogP contribution in [-0.4, -0.2) is 18.6 Å². The number of halogens is 3. The molecule has 0 heterocycles. The van der Waals surface area contributed by atoms with Crippen LogP contribution < -0.4 is 5.32 Å². The second-order valence-corrected chi connectivity index (χ2v) is 1.25. The van der Waals surface area contributed by atoms with Crippen LogP contribution in [-0.2, 0) is 4.79 Å². The molecule has 0 unspecified atom stereocenters. The molecule has 0 bridgehead atoms. The largest absolute Gasteiger partial charge is 0.471 e. The third-order valence-electron chi connectivity index (χ3n) is 0.543. The summed E-state index contributed by atoms with van der Waals surface area (Å²) in [6.45, 7) is 2.76. The summed E-state index contributed by atoms with van der Waals surface area (Å²) in [6, 6.07) is 0. The first-order valence-corrected chi connectivity index (χ1v) is 2.12. The highest BCUT2D eigenvalue weighted by Gasteiger charge is 2.37. The summed E-state index contributed by atoms with van der Waals surface area (Å²) in [5, 5.41) is 1.51. The van der Waals surface area contributed by atoms with Crippen molar-refractivity contribution in [3.05, 3.63) is 6.92 Å². The summed E-state index contributed by atoms with van der Waals surface area (Å²) in [5.74, 6) is -1.95. The van der Waals surface area contributed by atoms with Crippen molar-refractivity contribution in [3.8, 4) is 0 Å². The number of rotatable bonds is 1. The molecule has 0 atom stereocenters. The van der Waals surface area contributed by atoms with Gasteiger partial charge in [-0.25, -0.2) is 0 Å². The van der Waals surface area contributed by atoms with Crippen molar-refractivity contribution in [3.63, 3.8) is 0 Å². The lowest BCUT2D eigenvalue weighted by Crippen LogP contribution is -2.36. The fourth-order valence-corrected chi connectivity index (χ4v) is 0.214. The highest BCUT2D eigenvalue weighted by atomic mass is 19.4. The number of alkyl halides is 3. The Morgan fingerprint density at radius 1 is 1.56 bits per heavy atom. The maximum atomic E-state index is 11.2. The zero-order valence-electron chi connectivity index (χ0n) is 4.46. The maximum Gasteiger partial charge on any atom is 0.471 e. The molecule has 0 fully saturated rings. The molecule has 53 valence electrons. The molecule has 1 amide bonds. The Balaban J connectivity index is 3.74. The van der Waals surface area contributed by atoms with Crippen LogP contribution in [0, 0.1) is 6.92 Å². The summed E-state index contributed by atoms with van der Waals surface area (Å²) in [4.78, 5) is 9.79. The lowest BCUT2D eigenvalue weighted by atomic mass is 10.6. The molecule has 0 aromatic rings. The summed E-state index contributed by atoms with van der Waals surface area (Å²) in [6.07, 6.45) is -4.78. The van der Waals surface area contributed by atoms with E-state index in [-0.39, 0.29) is 6.54 Å². The lowest BCUT2D eigenvalue weighted by molar-refractivity contribution is -0.173. The van der Waals surface area contributed by atoms with Gasteiger partial charge in [-0.15, -0.1) is 0 Å². The number of carbonyl (C=O) groups excluding carboxylic acids is 1. The van der Waals surface area contributed by atoms with Crippen LogP contribution in [0.15, 0.2) is 0 Å². The van der Waals surface area contributed by atoms with E-state index in [1.807, 2.05) is 0 Å². The predicted octanol–water partition coefficient (Wildman–Crippen LogP) is 0.499. The molecule has 0 aliphatic heterocycles. The van der Waals surface area contributed by atoms with Gasteiger partial charge in [-0.1, -0.05) is 0 Å². The second kappa shape index (κ2) is 2.70. The Morgan fingerprint density at radius 3 is 2.11 bits per heavy atom. The number of nitrogens with one attached hydrogen (secondary N) is 1. The van der Waals surface area contributed by atoms with Crippen LogP contribution in [0.25, 0.3) is 0 Å². The van der Waals surface area contributed by atoms with Gasteiger partial charge in [0.05, 0.1) is 0 Å². The van der Waals surface area contributed by atoms with Gasteiger partial charge in [-0.2, -0.15) is 13.2 Å². The zero-order chi connectivity index (χ0) is 7.49. The Kier molecular flexibility index (Phi) is 2.48. The average Bonchev–Trinajstić information content (AvgIpc) is 1.64. The van der Waals surface area contributed by atoms with E-state index in [0.29, 0.717) is 0 Å². The molecule has 0 rings (SSSR count). The fourth-order valence-electron chi connectivity index (χ4n) is 0.214. The first-order valence-electron chi connectivity index (χ1n) is 2.12. The third kappa shape index (κ3) is 2.94. The molecule has 2 nitrogen and oxygen atoms in total. The van der Waals surface area contributed by atoms with Crippen molar-refractivity contribution < 1.29 is 18.0 Å². The summed E-state index contributed by atoms with van der Waals surface area (Å²) >= 11 is 0. The quantitative estimate of drug-likeness (QED) is 0.564. The minimum absolute atomic E-state index is 0.252. The fraction of sp³-hybridized carbons (Fsp3) is 0.500. The molecule has 0 aliphatic rings. The van der Waals surface area contributed by atoms with Gasteiger partial charge < -0.3 is 5.32 Å². The van der Waals surface area contributed by atoms with Crippen molar-refractivity contribution >= 4 is 5.91 Å². The summed E-state index contributed by atoms with van der Waals surface area (Å²) < 4.78 is 33.6. The van der Waals surface area contributed by atoms with Gasteiger partial charge >= 0.3 is 12.1 Å². The van der Waals surface area contributed by atoms with Crippen molar-refractivity contribution in [1.82, 2.24) is 5.32 Å². The molecule has 0 saturated carbocycles. The van der Waals surface area contributed by atoms with Gasteiger partial charge in [-0.3, -0.25) is 4.79 Å². The Bertz CT molecular complexity index is 109. The first-order chi connectivity index (χ1) is 3.98. The zero-order valence-corrected chi connectivity index (χ0v) is 4.46. The number of amides is 1. The molecule has 5 heteroatoms. The van der Waals surface area contributed by atoms with Crippen molar-refractivity contribution in [2.24, 2.45) is 0 Å². The SMILES string of the molecule is [CH2]CNC(=O)C(F)(F)F.